The lowest BCUT2D eigenvalue weighted by Gasteiger charge is -2.38. The van der Waals surface area contributed by atoms with Crippen molar-refractivity contribution in [3.05, 3.63) is 29.3 Å². The molecule has 0 aromatic heterocycles. The molecule has 0 saturated carbocycles. The molecule has 1 aliphatic rings. The van der Waals surface area contributed by atoms with E-state index in [0.717, 1.165) is 36.4 Å². The van der Waals surface area contributed by atoms with Gasteiger partial charge < -0.3 is 15.5 Å². The Morgan fingerprint density at radius 1 is 1.40 bits per heavy atom. The van der Waals surface area contributed by atoms with Gasteiger partial charge in [0.25, 0.3) is 0 Å². The van der Waals surface area contributed by atoms with Crippen molar-refractivity contribution in [2.45, 2.75) is 32.7 Å². The quantitative estimate of drug-likeness (QED) is 0.654. The predicted molar refractivity (Wildman–Crippen MR) is 85.7 cm³/mol. The van der Waals surface area contributed by atoms with E-state index in [1.807, 2.05) is 13.0 Å². The molecule has 1 fully saturated rings. The van der Waals surface area contributed by atoms with E-state index in [9.17, 15) is 0 Å². The summed E-state index contributed by atoms with van der Waals surface area (Å²) in [6.07, 6.45) is 2.35. The Kier molecular flexibility index (Phi) is 4.65. The van der Waals surface area contributed by atoms with Crippen LogP contribution in [-0.2, 0) is 0 Å². The molecular weight excluding hydrogens is 248 g/mol. The van der Waals surface area contributed by atoms with Crippen LogP contribution in [0.1, 0.15) is 30.9 Å². The summed E-state index contributed by atoms with van der Waals surface area (Å²) in [5.74, 6) is 0.154. The highest BCUT2D eigenvalue weighted by Crippen LogP contribution is 2.26. The van der Waals surface area contributed by atoms with Gasteiger partial charge in [0, 0.05) is 37.4 Å². The largest absolute Gasteiger partial charge is 0.384 e. The second-order valence-electron chi connectivity index (χ2n) is 5.71. The third-order valence-electron chi connectivity index (χ3n) is 4.37. The molecule has 0 radical (unpaired) electrons. The van der Waals surface area contributed by atoms with Gasteiger partial charge >= 0.3 is 0 Å². The Balaban J connectivity index is 2.17. The van der Waals surface area contributed by atoms with Crippen molar-refractivity contribution in [2.75, 3.05) is 31.6 Å². The molecule has 1 aromatic carbocycles. The van der Waals surface area contributed by atoms with E-state index in [1.165, 1.54) is 12.8 Å². The van der Waals surface area contributed by atoms with Gasteiger partial charge in [-0.3, -0.25) is 5.41 Å². The fourth-order valence-corrected chi connectivity index (χ4v) is 2.99. The Labute approximate surface area is 122 Å². The van der Waals surface area contributed by atoms with Gasteiger partial charge in [-0.2, -0.15) is 0 Å². The van der Waals surface area contributed by atoms with Crippen LogP contribution in [-0.4, -0.2) is 43.5 Å². The zero-order valence-corrected chi connectivity index (χ0v) is 12.8. The van der Waals surface area contributed by atoms with Gasteiger partial charge in [-0.25, -0.2) is 0 Å². The number of nitrogens with two attached hydrogens (primary N) is 1. The fourth-order valence-electron chi connectivity index (χ4n) is 2.99. The van der Waals surface area contributed by atoms with E-state index in [-0.39, 0.29) is 5.84 Å². The van der Waals surface area contributed by atoms with Crippen LogP contribution in [0, 0.1) is 12.3 Å². The van der Waals surface area contributed by atoms with Gasteiger partial charge in [0.15, 0.2) is 0 Å². The zero-order chi connectivity index (χ0) is 14.7. The highest BCUT2D eigenvalue weighted by Gasteiger charge is 2.23. The lowest BCUT2D eigenvalue weighted by atomic mass is 10.0. The number of benzene rings is 1. The smallest absolute Gasteiger partial charge is 0.124 e. The van der Waals surface area contributed by atoms with Crippen molar-refractivity contribution in [2.24, 2.45) is 5.73 Å². The molecular formula is C16H26N4. The SMILES string of the molecule is CCN1CCC(N(C)c2ccc(C)cc2C(=N)N)CC1. The number of anilines is 1. The van der Waals surface area contributed by atoms with E-state index in [1.54, 1.807) is 0 Å². The maximum atomic E-state index is 7.78. The second kappa shape index (κ2) is 6.27. The molecule has 0 atom stereocenters. The normalized spacial score (nSPS) is 17.1. The van der Waals surface area contributed by atoms with E-state index in [0.29, 0.717) is 6.04 Å². The van der Waals surface area contributed by atoms with Gasteiger partial charge in [0.2, 0.25) is 0 Å². The summed E-state index contributed by atoms with van der Waals surface area (Å²) < 4.78 is 0. The number of piperidine rings is 1. The highest BCUT2D eigenvalue weighted by molar-refractivity contribution is 6.00. The molecule has 1 aromatic rings. The topological polar surface area (TPSA) is 56.4 Å². The number of rotatable bonds is 4. The minimum Gasteiger partial charge on any atom is -0.384 e. The van der Waals surface area contributed by atoms with Gasteiger partial charge in [-0.05, 0) is 38.4 Å². The van der Waals surface area contributed by atoms with Crippen LogP contribution in [0.2, 0.25) is 0 Å². The van der Waals surface area contributed by atoms with Crippen molar-refractivity contribution in [1.29, 1.82) is 5.41 Å². The first-order valence-electron chi connectivity index (χ1n) is 7.43. The first-order valence-corrected chi connectivity index (χ1v) is 7.43. The van der Waals surface area contributed by atoms with Crippen LogP contribution < -0.4 is 10.6 Å². The van der Waals surface area contributed by atoms with Crippen molar-refractivity contribution in [3.63, 3.8) is 0 Å². The van der Waals surface area contributed by atoms with E-state index in [2.05, 4.69) is 35.9 Å². The minimum absolute atomic E-state index is 0.154. The maximum absolute atomic E-state index is 7.78. The molecule has 1 saturated heterocycles. The summed E-state index contributed by atoms with van der Waals surface area (Å²) in [7, 11) is 2.13. The average Bonchev–Trinajstić information content (AvgIpc) is 2.46. The molecule has 110 valence electrons. The summed E-state index contributed by atoms with van der Waals surface area (Å²) in [6.45, 7) is 7.72. The molecule has 0 unspecified atom stereocenters. The Morgan fingerprint density at radius 3 is 2.60 bits per heavy atom. The van der Waals surface area contributed by atoms with Crippen LogP contribution in [0.5, 0.6) is 0 Å². The standard InChI is InChI=1S/C16H26N4/c1-4-20-9-7-13(8-10-20)19(3)15-6-5-12(2)11-14(15)16(17)18/h5-6,11,13H,4,7-10H2,1-3H3,(H3,17,18). The molecule has 2 rings (SSSR count). The molecule has 3 N–H and O–H groups in total. The lowest BCUT2D eigenvalue weighted by molar-refractivity contribution is 0.221. The molecule has 0 amide bonds. The number of aryl methyl sites for hydroxylation is 1. The molecule has 4 heteroatoms. The highest BCUT2D eigenvalue weighted by atomic mass is 15.2. The number of amidine groups is 1. The number of nitrogens with one attached hydrogen (secondary N) is 1. The van der Waals surface area contributed by atoms with Crippen molar-refractivity contribution in [3.8, 4) is 0 Å². The summed E-state index contributed by atoms with van der Waals surface area (Å²) in [5.41, 5.74) is 8.82. The zero-order valence-electron chi connectivity index (χ0n) is 12.8. The Bertz CT molecular complexity index is 475. The van der Waals surface area contributed by atoms with Crippen LogP contribution in [0.25, 0.3) is 0 Å². The van der Waals surface area contributed by atoms with Crippen molar-refractivity contribution in [1.82, 2.24) is 4.90 Å². The third-order valence-corrected chi connectivity index (χ3v) is 4.37. The van der Waals surface area contributed by atoms with Gasteiger partial charge in [-0.15, -0.1) is 0 Å². The van der Waals surface area contributed by atoms with Crippen molar-refractivity contribution < 1.29 is 0 Å². The number of likely N-dealkylation sites (tertiary alicyclic amines) is 1. The number of nitrogens with zero attached hydrogens (tertiary/aromatic N) is 2. The van der Waals surface area contributed by atoms with Crippen LogP contribution >= 0.6 is 0 Å². The molecule has 1 heterocycles. The average molecular weight is 274 g/mol. The monoisotopic (exact) mass is 274 g/mol. The van der Waals surface area contributed by atoms with E-state index >= 15 is 0 Å². The predicted octanol–water partition coefficient (Wildman–Crippen LogP) is 2.20. The molecule has 0 aliphatic carbocycles. The molecule has 4 nitrogen and oxygen atoms in total. The first-order chi connectivity index (χ1) is 9.52. The summed E-state index contributed by atoms with van der Waals surface area (Å²) in [5, 5.41) is 7.78. The maximum Gasteiger partial charge on any atom is 0.124 e. The summed E-state index contributed by atoms with van der Waals surface area (Å²) in [6, 6.07) is 6.74. The van der Waals surface area contributed by atoms with E-state index in [4.69, 9.17) is 11.1 Å². The van der Waals surface area contributed by atoms with Gasteiger partial charge in [0.1, 0.15) is 5.84 Å². The van der Waals surface area contributed by atoms with Gasteiger partial charge in [0.05, 0.1) is 0 Å². The third kappa shape index (κ3) is 3.12. The van der Waals surface area contributed by atoms with Crippen LogP contribution in [0.4, 0.5) is 5.69 Å². The van der Waals surface area contributed by atoms with Crippen LogP contribution in [0.15, 0.2) is 18.2 Å². The second-order valence-corrected chi connectivity index (χ2v) is 5.71. The lowest BCUT2D eigenvalue weighted by Crippen LogP contribution is -2.43. The van der Waals surface area contributed by atoms with Crippen molar-refractivity contribution >= 4 is 11.5 Å². The Morgan fingerprint density at radius 2 is 2.05 bits per heavy atom. The number of hydrogen-bond donors (Lipinski definition) is 2. The molecule has 1 aliphatic heterocycles. The molecule has 0 spiro atoms. The van der Waals surface area contributed by atoms with Gasteiger partial charge in [-0.1, -0.05) is 18.6 Å². The fraction of sp³-hybridized carbons (Fsp3) is 0.562. The Hall–Kier alpha value is -1.55. The van der Waals surface area contributed by atoms with E-state index < -0.39 is 0 Å². The first kappa shape index (κ1) is 14.9. The van der Waals surface area contributed by atoms with Crippen LogP contribution in [0.3, 0.4) is 0 Å². The number of hydrogen-bond acceptors (Lipinski definition) is 3. The summed E-state index contributed by atoms with van der Waals surface area (Å²) in [4.78, 5) is 4.80. The molecule has 20 heavy (non-hydrogen) atoms. The molecule has 0 bridgehead atoms. The minimum atomic E-state index is 0.154. The summed E-state index contributed by atoms with van der Waals surface area (Å²) >= 11 is 0. The number of nitrogen functional groups attached to an aromatic ring is 1.